The van der Waals surface area contributed by atoms with E-state index in [2.05, 4.69) is 0 Å². The van der Waals surface area contributed by atoms with Gasteiger partial charge in [-0.1, -0.05) is 42.5 Å². The molecule has 1 aliphatic heterocycles. The molecule has 1 fully saturated rings. The van der Waals surface area contributed by atoms with E-state index in [1.807, 2.05) is 30.3 Å². The minimum atomic E-state index is -0.882. The highest BCUT2D eigenvalue weighted by atomic mass is 19.2. The number of amides is 1. The smallest absolute Gasteiger partial charge is 0.222 e. The lowest BCUT2D eigenvalue weighted by Crippen LogP contribution is -2.32. The predicted octanol–water partition coefficient (Wildman–Crippen LogP) is 2.85. The van der Waals surface area contributed by atoms with Crippen molar-refractivity contribution in [3.8, 4) is 0 Å². The molecule has 0 spiro atoms. The number of hydrogen-bond acceptors (Lipinski definition) is 2. The van der Waals surface area contributed by atoms with Gasteiger partial charge in [0.2, 0.25) is 5.91 Å². The average molecular weight is 330 g/mol. The first-order chi connectivity index (χ1) is 11.6. The fourth-order valence-corrected chi connectivity index (χ4v) is 3.23. The summed E-state index contributed by atoms with van der Waals surface area (Å²) < 4.78 is 26.9. The van der Waals surface area contributed by atoms with Crippen molar-refractivity contribution < 1.29 is 13.6 Å². The third-order valence-corrected chi connectivity index (χ3v) is 4.59. The molecule has 0 aromatic heterocycles. The molecule has 3 rings (SSSR count). The molecule has 0 aliphatic carbocycles. The fraction of sp³-hybridized carbons (Fsp3) is 0.316. The molecule has 2 N–H and O–H groups in total. The Balaban J connectivity index is 1.61. The van der Waals surface area contributed by atoms with Crippen LogP contribution < -0.4 is 5.73 Å². The van der Waals surface area contributed by atoms with Crippen molar-refractivity contribution in [3.63, 3.8) is 0 Å². The molecule has 1 heterocycles. The third kappa shape index (κ3) is 3.46. The molecule has 0 bridgehead atoms. The van der Waals surface area contributed by atoms with Crippen molar-refractivity contribution in [3.05, 3.63) is 71.3 Å². The Kier molecular flexibility index (Phi) is 4.90. The van der Waals surface area contributed by atoms with E-state index >= 15 is 0 Å². The Bertz CT molecular complexity index is 721. The summed E-state index contributed by atoms with van der Waals surface area (Å²) in [6.07, 6.45) is 0.332. The van der Waals surface area contributed by atoms with Crippen molar-refractivity contribution >= 4 is 5.91 Å². The first-order valence-electron chi connectivity index (χ1n) is 8.07. The zero-order valence-corrected chi connectivity index (χ0v) is 13.3. The van der Waals surface area contributed by atoms with E-state index in [0.717, 1.165) is 11.6 Å². The van der Waals surface area contributed by atoms with Gasteiger partial charge in [0, 0.05) is 31.5 Å². The maximum atomic E-state index is 13.7. The van der Waals surface area contributed by atoms with Crippen LogP contribution in [0.15, 0.2) is 48.5 Å². The highest BCUT2D eigenvalue weighted by Crippen LogP contribution is 2.27. The molecule has 5 heteroatoms. The van der Waals surface area contributed by atoms with Crippen LogP contribution in [0.3, 0.4) is 0 Å². The van der Waals surface area contributed by atoms with Gasteiger partial charge in [0.25, 0.3) is 0 Å². The molecule has 1 aliphatic rings. The zero-order valence-electron chi connectivity index (χ0n) is 13.3. The van der Waals surface area contributed by atoms with Crippen LogP contribution >= 0.6 is 0 Å². The van der Waals surface area contributed by atoms with Crippen molar-refractivity contribution in [1.82, 2.24) is 4.90 Å². The van der Waals surface area contributed by atoms with Crippen LogP contribution in [0.4, 0.5) is 8.78 Å². The number of rotatable bonds is 4. The number of nitrogens with zero attached hydrogens (tertiary/aromatic N) is 1. The maximum absolute atomic E-state index is 13.7. The monoisotopic (exact) mass is 330 g/mol. The van der Waals surface area contributed by atoms with E-state index in [1.54, 1.807) is 4.90 Å². The summed E-state index contributed by atoms with van der Waals surface area (Å²) in [6, 6.07) is 13.8. The number of halogens is 2. The van der Waals surface area contributed by atoms with Crippen molar-refractivity contribution in [1.29, 1.82) is 0 Å². The van der Waals surface area contributed by atoms with E-state index in [-0.39, 0.29) is 36.3 Å². The molecule has 0 unspecified atom stereocenters. The minimum absolute atomic E-state index is 0.0763. The molecule has 1 amide bonds. The summed E-state index contributed by atoms with van der Waals surface area (Å²) in [5.41, 5.74) is 7.54. The van der Waals surface area contributed by atoms with Crippen LogP contribution in [0.25, 0.3) is 0 Å². The second-order valence-corrected chi connectivity index (χ2v) is 6.19. The van der Waals surface area contributed by atoms with Gasteiger partial charge in [-0.3, -0.25) is 4.79 Å². The van der Waals surface area contributed by atoms with Gasteiger partial charge in [-0.2, -0.15) is 0 Å². The highest BCUT2D eigenvalue weighted by molar-refractivity contribution is 5.77. The molecule has 24 heavy (non-hydrogen) atoms. The number of benzene rings is 2. The maximum Gasteiger partial charge on any atom is 0.222 e. The molecular formula is C19H20F2N2O. The van der Waals surface area contributed by atoms with Crippen LogP contribution in [-0.4, -0.2) is 29.9 Å². The molecule has 2 atom stereocenters. The number of likely N-dealkylation sites (tertiary alicyclic amines) is 1. The lowest BCUT2D eigenvalue weighted by Gasteiger charge is -2.16. The topological polar surface area (TPSA) is 46.3 Å². The standard InChI is InChI=1S/C19H20F2N2O/c20-16-8-4-7-14(19(16)21)9-10-18(24)23-11-15(17(22)12-23)13-5-2-1-3-6-13/h1-8,15,17H,9-12,22H2/t15-,17+/m0/s1. The summed E-state index contributed by atoms with van der Waals surface area (Å²) in [6.45, 7) is 1.06. The normalized spacial score (nSPS) is 20.4. The Morgan fingerprint density at radius 1 is 1.08 bits per heavy atom. The van der Waals surface area contributed by atoms with Crippen LogP contribution in [-0.2, 0) is 11.2 Å². The summed E-state index contributed by atoms with van der Waals surface area (Å²) in [5, 5.41) is 0. The summed E-state index contributed by atoms with van der Waals surface area (Å²) in [4.78, 5) is 14.1. The number of nitrogens with two attached hydrogens (primary N) is 1. The van der Waals surface area contributed by atoms with Crippen LogP contribution in [0, 0.1) is 11.6 Å². The summed E-state index contributed by atoms with van der Waals surface area (Å²) in [7, 11) is 0. The Hall–Kier alpha value is -2.27. The van der Waals surface area contributed by atoms with Gasteiger partial charge >= 0.3 is 0 Å². The zero-order chi connectivity index (χ0) is 17.1. The lowest BCUT2D eigenvalue weighted by molar-refractivity contribution is -0.130. The largest absolute Gasteiger partial charge is 0.340 e. The molecule has 2 aromatic rings. The third-order valence-electron chi connectivity index (χ3n) is 4.59. The molecule has 0 radical (unpaired) electrons. The van der Waals surface area contributed by atoms with E-state index in [4.69, 9.17) is 5.73 Å². The molecule has 126 valence electrons. The van der Waals surface area contributed by atoms with E-state index < -0.39 is 11.6 Å². The minimum Gasteiger partial charge on any atom is -0.340 e. The van der Waals surface area contributed by atoms with E-state index in [9.17, 15) is 13.6 Å². The molecule has 3 nitrogen and oxygen atoms in total. The van der Waals surface area contributed by atoms with Crippen LogP contribution in [0.2, 0.25) is 0 Å². The molecule has 2 aromatic carbocycles. The first-order valence-corrected chi connectivity index (χ1v) is 8.07. The van der Waals surface area contributed by atoms with E-state index in [1.165, 1.54) is 12.1 Å². The summed E-state index contributed by atoms with van der Waals surface area (Å²) in [5.74, 6) is -1.72. The van der Waals surface area contributed by atoms with Gasteiger partial charge in [0.05, 0.1) is 0 Å². The van der Waals surface area contributed by atoms with Gasteiger partial charge in [0.1, 0.15) is 0 Å². The van der Waals surface area contributed by atoms with Gasteiger partial charge in [-0.15, -0.1) is 0 Å². The average Bonchev–Trinajstić information content (AvgIpc) is 2.98. The van der Waals surface area contributed by atoms with Crippen molar-refractivity contribution in [2.75, 3.05) is 13.1 Å². The van der Waals surface area contributed by atoms with E-state index in [0.29, 0.717) is 13.1 Å². The van der Waals surface area contributed by atoms with Gasteiger partial charge in [-0.25, -0.2) is 8.78 Å². The highest BCUT2D eigenvalue weighted by Gasteiger charge is 2.33. The molecule has 0 saturated carbocycles. The second-order valence-electron chi connectivity index (χ2n) is 6.19. The first kappa shape index (κ1) is 16.6. The lowest BCUT2D eigenvalue weighted by atomic mass is 9.95. The predicted molar refractivity (Wildman–Crippen MR) is 88.4 cm³/mol. The number of hydrogen-bond donors (Lipinski definition) is 1. The van der Waals surface area contributed by atoms with Crippen molar-refractivity contribution in [2.45, 2.75) is 24.8 Å². The molecule has 1 saturated heterocycles. The molecular weight excluding hydrogens is 310 g/mol. The quantitative estimate of drug-likeness (QED) is 0.937. The Morgan fingerprint density at radius 3 is 2.58 bits per heavy atom. The SMILES string of the molecule is N[C@@H]1CN(C(=O)CCc2cccc(F)c2F)C[C@H]1c1ccccc1. The van der Waals surface area contributed by atoms with Crippen LogP contribution in [0.5, 0.6) is 0 Å². The summed E-state index contributed by atoms with van der Waals surface area (Å²) >= 11 is 0. The van der Waals surface area contributed by atoms with Gasteiger partial charge < -0.3 is 10.6 Å². The van der Waals surface area contributed by atoms with Crippen molar-refractivity contribution in [2.24, 2.45) is 5.73 Å². The Morgan fingerprint density at radius 2 is 1.83 bits per heavy atom. The number of carbonyl (C=O) groups is 1. The van der Waals surface area contributed by atoms with Crippen LogP contribution in [0.1, 0.15) is 23.5 Å². The fourth-order valence-electron chi connectivity index (χ4n) is 3.23. The Labute approximate surface area is 140 Å². The number of aryl methyl sites for hydroxylation is 1. The van der Waals surface area contributed by atoms with Gasteiger partial charge in [0.15, 0.2) is 11.6 Å². The van der Waals surface area contributed by atoms with Gasteiger partial charge in [-0.05, 0) is 23.6 Å². The number of carbonyl (C=O) groups excluding carboxylic acids is 1. The second kappa shape index (κ2) is 7.09.